The molecule has 0 saturated carbocycles. The predicted molar refractivity (Wildman–Crippen MR) is 131 cm³/mol. The van der Waals surface area contributed by atoms with Gasteiger partial charge in [-0.15, -0.1) is 0 Å². The van der Waals surface area contributed by atoms with Crippen molar-refractivity contribution in [2.75, 3.05) is 13.7 Å². The van der Waals surface area contributed by atoms with E-state index in [1.54, 1.807) is 18.7 Å². The highest BCUT2D eigenvalue weighted by Gasteiger charge is 2.13. The molecular formula is C27H27N3O3. The first kappa shape index (κ1) is 22.3. The van der Waals surface area contributed by atoms with E-state index in [1.807, 2.05) is 42.5 Å². The third-order valence-electron chi connectivity index (χ3n) is 5.59. The number of aromatic amines is 1. The zero-order valence-electron chi connectivity index (χ0n) is 18.5. The number of para-hydroxylation sites is 1. The first-order chi connectivity index (χ1) is 16.2. The minimum atomic E-state index is -0.549. The molecule has 0 atom stereocenters. The Morgan fingerprint density at radius 1 is 1.03 bits per heavy atom. The van der Waals surface area contributed by atoms with Gasteiger partial charge >= 0.3 is 0 Å². The Labute approximate surface area is 192 Å². The number of H-pyrrole nitrogens is 1. The van der Waals surface area contributed by atoms with E-state index in [-0.39, 0.29) is 0 Å². The van der Waals surface area contributed by atoms with Crippen LogP contribution in [0.4, 0.5) is 0 Å². The predicted octanol–water partition coefficient (Wildman–Crippen LogP) is 4.69. The lowest BCUT2D eigenvalue weighted by molar-refractivity contribution is -0.124. The van der Waals surface area contributed by atoms with Gasteiger partial charge in [0.05, 0.1) is 7.11 Å². The van der Waals surface area contributed by atoms with Gasteiger partial charge in [0.25, 0.3) is 5.91 Å². The topological polar surface area (TPSA) is 86.4 Å². The summed E-state index contributed by atoms with van der Waals surface area (Å²) in [5.74, 6) is 0.295. The van der Waals surface area contributed by atoms with Crippen molar-refractivity contribution < 1.29 is 14.7 Å². The Morgan fingerprint density at radius 2 is 1.79 bits per heavy atom. The largest absolute Gasteiger partial charge is 0.497 e. The molecule has 4 aromatic rings. The van der Waals surface area contributed by atoms with Gasteiger partial charge in [0.1, 0.15) is 5.75 Å². The summed E-state index contributed by atoms with van der Waals surface area (Å²) < 4.78 is 5.30. The average molecular weight is 442 g/mol. The molecule has 0 unspecified atom stereocenters. The summed E-state index contributed by atoms with van der Waals surface area (Å²) in [6, 6.07) is 24.5. The molecule has 0 aliphatic rings. The summed E-state index contributed by atoms with van der Waals surface area (Å²) in [6.45, 7) is 1.59. The molecule has 4 N–H and O–H groups in total. The minimum absolute atomic E-state index is 0.549. The fourth-order valence-electron chi connectivity index (χ4n) is 3.87. The van der Waals surface area contributed by atoms with Gasteiger partial charge < -0.3 is 15.0 Å². The highest BCUT2D eigenvalue weighted by molar-refractivity contribution is 5.91. The molecule has 1 heterocycles. The van der Waals surface area contributed by atoms with Crippen molar-refractivity contribution in [1.29, 1.82) is 0 Å². The fourth-order valence-corrected chi connectivity index (χ4v) is 3.87. The number of carbonyl (C=O) groups is 1. The van der Waals surface area contributed by atoms with Crippen LogP contribution in [0.3, 0.4) is 0 Å². The van der Waals surface area contributed by atoms with Crippen LogP contribution in [0.2, 0.25) is 0 Å². The van der Waals surface area contributed by atoms with E-state index in [0.29, 0.717) is 0 Å². The molecule has 168 valence electrons. The van der Waals surface area contributed by atoms with Crippen LogP contribution >= 0.6 is 0 Å². The van der Waals surface area contributed by atoms with E-state index in [9.17, 15) is 4.79 Å². The number of hydrogen-bond donors (Lipinski definition) is 4. The number of hydrogen-bond acceptors (Lipinski definition) is 4. The Bertz CT molecular complexity index is 1240. The molecule has 0 saturated heterocycles. The van der Waals surface area contributed by atoms with Crippen LogP contribution in [0.1, 0.15) is 16.7 Å². The molecular weight excluding hydrogens is 414 g/mol. The van der Waals surface area contributed by atoms with Crippen molar-refractivity contribution in [3.63, 3.8) is 0 Å². The first-order valence-electron chi connectivity index (χ1n) is 10.8. The third-order valence-corrected chi connectivity index (χ3v) is 5.59. The highest BCUT2D eigenvalue weighted by atomic mass is 16.5. The molecule has 3 aromatic carbocycles. The summed E-state index contributed by atoms with van der Waals surface area (Å²) in [7, 11) is 1.68. The number of amides is 1. The maximum absolute atomic E-state index is 11.1. The number of methoxy groups -OCH3 is 1. The summed E-state index contributed by atoms with van der Waals surface area (Å²) >= 11 is 0. The van der Waals surface area contributed by atoms with Gasteiger partial charge in [0.2, 0.25) is 0 Å². The van der Waals surface area contributed by atoms with Crippen LogP contribution in [0.5, 0.6) is 5.75 Å². The number of fused-ring (bicyclic) bond motifs is 1. The van der Waals surface area contributed by atoms with E-state index in [4.69, 9.17) is 9.94 Å². The normalized spacial score (nSPS) is 11.2. The van der Waals surface area contributed by atoms with Gasteiger partial charge in [-0.3, -0.25) is 10.0 Å². The Hall–Kier alpha value is -3.87. The lowest BCUT2D eigenvalue weighted by Crippen LogP contribution is -2.16. The molecule has 0 radical (unpaired) electrons. The van der Waals surface area contributed by atoms with Crippen molar-refractivity contribution >= 4 is 22.9 Å². The highest BCUT2D eigenvalue weighted by Crippen LogP contribution is 2.31. The first-order valence-corrected chi connectivity index (χ1v) is 10.8. The van der Waals surface area contributed by atoms with Crippen molar-refractivity contribution in [2.45, 2.75) is 13.0 Å². The molecule has 0 fully saturated rings. The lowest BCUT2D eigenvalue weighted by atomic mass is 10.0. The second-order valence-corrected chi connectivity index (χ2v) is 7.73. The minimum Gasteiger partial charge on any atom is -0.497 e. The van der Waals surface area contributed by atoms with E-state index < -0.39 is 5.91 Å². The van der Waals surface area contributed by atoms with Crippen LogP contribution in [-0.2, 0) is 17.8 Å². The van der Waals surface area contributed by atoms with Crippen LogP contribution in [0.15, 0.2) is 78.9 Å². The van der Waals surface area contributed by atoms with Crippen molar-refractivity contribution in [1.82, 2.24) is 15.8 Å². The van der Waals surface area contributed by atoms with E-state index in [0.717, 1.165) is 53.2 Å². The number of hydroxylamine groups is 1. The van der Waals surface area contributed by atoms with Gasteiger partial charge in [0, 0.05) is 29.2 Å². The SMILES string of the molecule is COc1ccc(-c2[nH]c3ccccc3c2CCNCc2ccc(C=CC(=O)NO)cc2)cc1. The number of rotatable bonds is 9. The average Bonchev–Trinajstić information content (AvgIpc) is 3.24. The van der Waals surface area contributed by atoms with Crippen molar-refractivity contribution in [2.24, 2.45) is 0 Å². The van der Waals surface area contributed by atoms with Gasteiger partial charge in [-0.1, -0.05) is 42.5 Å². The maximum Gasteiger partial charge on any atom is 0.267 e. The number of nitrogens with one attached hydrogen (secondary N) is 3. The van der Waals surface area contributed by atoms with Gasteiger partial charge in [0.15, 0.2) is 0 Å². The smallest absolute Gasteiger partial charge is 0.267 e. The van der Waals surface area contributed by atoms with Crippen molar-refractivity contribution in [3.05, 3.63) is 95.6 Å². The van der Waals surface area contributed by atoms with Crippen LogP contribution in [0.25, 0.3) is 28.2 Å². The summed E-state index contributed by atoms with van der Waals surface area (Å²) in [5.41, 5.74) is 8.35. The second kappa shape index (κ2) is 10.6. The van der Waals surface area contributed by atoms with Gasteiger partial charge in [-0.25, -0.2) is 5.48 Å². The molecule has 1 aromatic heterocycles. The van der Waals surface area contributed by atoms with Crippen molar-refractivity contribution in [3.8, 4) is 17.0 Å². The summed E-state index contributed by atoms with van der Waals surface area (Å²) in [5, 5.41) is 13.3. The number of carbonyl (C=O) groups excluding carboxylic acids is 1. The molecule has 1 amide bonds. The van der Waals surface area contributed by atoms with Gasteiger partial charge in [-0.2, -0.15) is 0 Å². The summed E-state index contributed by atoms with van der Waals surface area (Å²) in [6.07, 6.45) is 3.83. The lowest BCUT2D eigenvalue weighted by Gasteiger charge is -2.08. The van der Waals surface area contributed by atoms with Crippen LogP contribution in [0, 0.1) is 0 Å². The second-order valence-electron chi connectivity index (χ2n) is 7.73. The maximum atomic E-state index is 11.1. The Kier molecular flexibility index (Phi) is 7.19. The zero-order valence-corrected chi connectivity index (χ0v) is 18.5. The monoisotopic (exact) mass is 441 g/mol. The number of aromatic nitrogens is 1. The molecule has 33 heavy (non-hydrogen) atoms. The fraction of sp³-hybridized carbons (Fsp3) is 0.148. The van der Waals surface area contributed by atoms with Gasteiger partial charge in [-0.05, 0) is 71.6 Å². The third kappa shape index (κ3) is 5.49. The molecule has 4 rings (SSSR count). The molecule has 6 nitrogen and oxygen atoms in total. The summed E-state index contributed by atoms with van der Waals surface area (Å²) in [4.78, 5) is 14.7. The Balaban J connectivity index is 1.42. The number of benzene rings is 3. The molecule has 0 bridgehead atoms. The quantitative estimate of drug-likeness (QED) is 0.131. The van der Waals surface area contributed by atoms with E-state index in [1.165, 1.54) is 17.0 Å². The molecule has 0 aliphatic carbocycles. The zero-order chi connectivity index (χ0) is 23.0. The number of ether oxygens (including phenoxy) is 1. The molecule has 6 heteroatoms. The molecule has 0 spiro atoms. The molecule has 0 aliphatic heterocycles. The van der Waals surface area contributed by atoms with E-state index in [2.05, 4.69) is 40.6 Å². The van der Waals surface area contributed by atoms with E-state index >= 15 is 0 Å². The standard InChI is InChI=1S/C27H27N3O3/c1-33-22-13-11-21(12-14-22)27-24(23-4-2-3-5-25(23)29-27)16-17-28-18-20-8-6-19(7-9-20)10-15-26(31)30-32/h2-15,28-29,32H,16-18H2,1H3,(H,30,31). The van der Waals surface area contributed by atoms with Crippen LogP contribution < -0.4 is 15.5 Å². The Morgan fingerprint density at radius 3 is 2.52 bits per heavy atom. The van der Waals surface area contributed by atoms with Crippen LogP contribution in [-0.4, -0.2) is 29.8 Å².